The van der Waals surface area contributed by atoms with Crippen molar-refractivity contribution in [3.63, 3.8) is 0 Å². The van der Waals surface area contributed by atoms with Gasteiger partial charge in [0.25, 0.3) is 0 Å². The molecule has 6 rings (SSSR count). The predicted octanol–water partition coefficient (Wildman–Crippen LogP) is -0.688. The van der Waals surface area contributed by atoms with Crippen molar-refractivity contribution in [2.45, 2.75) is 48.5 Å². The number of phenolic OH excluding ortho intramolecular Hbond substituents is 2. The van der Waals surface area contributed by atoms with E-state index >= 15 is 0 Å². The van der Waals surface area contributed by atoms with E-state index in [1.807, 2.05) is 0 Å². The summed E-state index contributed by atoms with van der Waals surface area (Å²) < 4.78 is 5.78. The Labute approximate surface area is 235 Å². The van der Waals surface area contributed by atoms with Gasteiger partial charge in [-0.2, -0.15) is 0 Å². The standard InChI is InChI=1S/C28H24O14/c29-13-5-1-3-11-18(13)24(38)27(40)25-9-10(7-16(32)33)42-28(25,41)12-4-2-6-14(30)19(12)22(36)21(25)20(15(31)8-17(34)35)26(27,39)23(11)37/h1-6,10,15,20-21,29-31,39-41H,7-9H2,(H,32,33)(H,34,35)/t10-,15-,20-,21+,25-,26+,27-,28+/m1/s1. The number of aliphatic hydroxyl groups is 4. The van der Waals surface area contributed by atoms with E-state index in [4.69, 9.17) is 4.74 Å². The van der Waals surface area contributed by atoms with E-state index in [1.54, 1.807) is 0 Å². The van der Waals surface area contributed by atoms with E-state index in [9.17, 15) is 64.8 Å². The number of phenols is 2. The van der Waals surface area contributed by atoms with Crippen LogP contribution in [-0.2, 0) is 20.1 Å². The highest BCUT2D eigenvalue weighted by molar-refractivity contribution is 6.25. The molecule has 2 aromatic rings. The fourth-order valence-electron chi connectivity index (χ4n) is 8.06. The average Bonchev–Trinajstić information content (AvgIpc) is 3.30. The SMILES string of the molecule is O=C(O)C[C@@H]1C[C@]23[C@H](C(=O)c4c(O)cccc4[C@]2(O)O1)[C@@H]([C@H](O)CC(=O)O)[C@]1(O)C(=O)c2cccc(O)c2C(=O)[C@@]31O. The van der Waals surface area contributed by atoms with Crippen molar-refractivity contribution in [2.75, 3.05) is 0 Å². The molecule has 1 spiro atoms. The number of benzene rings is 2. The quantitative estimate of drug-likeness (QED) is 0.217. The lowest BCUT2D eigenvalue weighted by Crippen LogP contribution is -2.74. The number of carboxylic acids is 2. The highest BCUT2D eigenvalue weighted by atomic mass is 16.6. The number of rotatable bonds is 5. The molecule has 1 aliphatic heterocycles. The Morgan fingerprint density at radius 1 is 0.905 bits per heavy atom. The zero-order valence-electron chi connectivity index (χ0n) is 21.4. The first-order chi connectivity index (χ1) is 19.6. The number of hydrogen-bond donors (Lipinski definition) is 8. The molecule has 220 valence electrons. The highest BCUT2D eigenvalue weighted by Gasteiger charge is 2.92. The second-order valence-electron chi connectivity index (χ2n) is 11.2. The molecule has 2 fully saturated rings. The third-order valence-electron chi connectivity index (χ3n) is 9.39. The average molecular weight is 584 g/mol. The summed E-state index contributed by atoms with van der Waals surface area (Å²) in [5.41, 5.74) is -12.5. The molecule has 0 unspecified atom stereocenters. The lowest BCUT2D eigenvalue weighted by atomic mass is 9.51. The number of aliphatic hydroxyl groups excluding tert-OH is 1. The van der Waals surface area contributed by atoms with Gasteiger partial charge in [-0.15, -0.1) is 0 Å². The van der Waals surface area contributed by atoms with Gasteiger partial charge in [-0.1, -0.05) is 24.3 Å². The number of carboxylic acid groups (broad SMARTS) is 2. The third-order valence-corrected chi connectivity index (χ3v) is 9.39. The van der Waals surface area contributed by atoms with Crippen molar-refractivity contribution in [1.82, 2.24) is 0 Å². The summed E-state index contributed by atoms with van der Waals surface area (Å²) in [4.78, 5) is 66.3. The van der Waals surface area contributed by atoms with Gasteiger partial charge in [0.15, 0.2) is 22.8 Å². The molecular formula is C28H24O14. The molecule has 0 bridgehead atoms. The molecule has 8 atom stereocenters. The van der Waals surface area contributed by atoms with Crippen molar-refractivity contribution in [3.05, 3.63) is 58.7 Å². The zero-order chi connectivity index (χ0) is 30.7. The minimum absolute atomic E-state index is 0.524. The molecule has 1 saturated heterocycles. The fourth-order valence-corrected chi connectivity index (χ4v) is 8.06. The van der Waals surface area contributed by atoms with Crippen LogP contribution in [0.25, 0.3) is 0 Å². The molecule has 14 nitrogen and oxygen atoms in total. The number of aliphatic carboxylic acids is 2. The Hall–Kier alpha value is -4.21. The summed E-state index contributed by atoms with van der Waals surface area (Å²) in [6.07, 6.45) is -6.83. The van der Waals surface area contributed by atoms with Gasteiger partial charge in [-0.05, 0) is 18.6 Å². The number of aromatic hydroxyl groups is 2. The normalized spacial score (nSPS) is 36.9. The maximum Gasteiger partial charge on any atom is 0.305 e. The molecule has 4 aliphatic rings. The van der Waals surface area contributed by atoms with Gasteiger partial charge >= 0.3 is 11.9 Å². The molecule has 1 saturated carbocycles. The Kier molecular flexibility index (Phi) is 5.60. The van der Waals surface area contributed by atoms with Crippen LogP contribution in [0.1, 0.15) is 55.9 Å². The Bertz CT molecular complexity index is 1630. The molecule has 0 aromatic heterocycles. The molecule has 1 heterocycles. The lowest BCUT2D eigenvalue weighted by Gasteiger charge is -2.54. The minimum atomic E-state index is -3.61. The van der Waals surface area contributed by atoms with Gasteiger partial charge in [-0.25, -0.2) is 0 Å². The number of hydrogen-bond acceptors (Lipinski definition) is 12. The molecular weight excluding hydrogens is 560 g/mol. The minimum Gasteiger partial charge on any atom is -0.507 e. The van der Waals surface area contributed by atoms with Crippen molar-refractivity contribution < 1.29 is 69.6 Å². The van der Waals surface area contributed by atoms with Crippen LogP contribution < -0.4 is 0 Å². The molecule has 0 radical (unpaired) electrons. The number of ketones is 3. The number of ether oxygens (including phenoxy) is 1. The fraction of sp³-hybridized carbons (Fsp3) is 0.393. The molecule has 14 heteroatoms. The van der Waals surface area contributed by atoms with Gasteiger partial charge in [0.05, 0.1) is 41.6 Å². The maximum absolute atomic E-state index is 14.4. The van der Waals surface area contributed by atoms with Gasteiger partial charge < -0.3 is 45.6 Å². The monoisotopic (exact) mass is 584 g/mol. The number of fused-ring (bicyclic) bond motifs is 4. The summed E-state index contributed by atoms with van der Waals surface area (Å²) in [6, 6.07) is 6.50. The van der Waals surface area contributed by atoms with E-state index in [0.717, 1.165) is 30.3 Å². The zero-order valence-corrected chi connectivity index (χ0v) is 21.4. The van der Waals surface area contributed by atoms with Crippen molar-refractivity contribution >= 4 is 29.3 Å². The van der Waals surface area contributed by atoms with E-state index in [1.165, 1.54) is 6.07 Å². The summed E-state index contributed by atoms with van der Waals surface area (Å²) in [7, 11) is 0. The van der Waals surface area contributed by atoms with E-state index in [0.29, 0.717) is 0 Å². The molecule has 42 heavy (non-hydrogen) atoms. The summed E-state index contributed by atoms with van der Waals surface area (Å²) in [5.74, 6) is -16.5. The first-order valence-corrected chi connectivity index (χ1v) is 12.8. The summed E-state index contributed by atoms with van der Waals surface area (Å²) in [5, 5.41) is 88.9. The van der Waals surface area contributed by atoms with Crippen LogP contribution in [0.4, 0.5) is 0 Å². The van der Waals surface area contributed by atoms with Crippen LogP contribution >= 0.6 is 0 Å². The Morgan fingerprint density at radius 3 is 2.14 bits per heavy atom. The van der Waals surface area contributed by atoms with Gasteiger partial charge in [-0.3, -0.25) is 24.0 Å². The van der Waals surface area contributed by atoms with E-state index in [2.05, 4.69) is 0 Å². The Morgan fingerprint density at radius 2 is 1.52 bits per heavy atom. The third kappa shape index (κ3) is 2.87. The maximum atomic E-state index is 14.4. The van der Waals surface area contributed by atoms with E-state index < -0.39 is 129 Å². The van der Waals surface area contributed by atoms with Crippen LogP contribution in [-0.4, -0.2) is 93.6 Å². The summed E-state index contributed by atoms with van der Waals surface area (Å²) in [6.45, 7) is 0. The predicted molar refractivity (Wildman–Crippen MR) is 132 cm³/mol. The van der Waals surface area contributed by atoms with Crippen molar-refractivity contribution in [3.8, 4) is 11.5 Å². The van der Waals surface area contributed by atoms with Crippen molar-refractivity contribution in [2.24, 2.45) is 17.3 Å². The van der Waals surface area contributed by atoms with Crippen LogP contribution in [0.15, 0.2) is 36.4 Å². The number of carbonyl (C=O) groups is 5. The largest absolute Gasteiger partial charge is 0.507 e. The summed E-state index contributed by atoms with van der Waals surface area (Å²) >= 11 is 0. The van der Waals surface area contributed by atoms with Crippen LogP contribution in [0, 0.1) is 17.3 Å². The first-order valence-electron chi connectivity index (χ1n) is 12.8. The van der Waals surface area contributed by atoms with Crippen molar-refractivity contribution in [1.29, 1.82) is 0 Å². The number of Topliss-reactive ketones (excluding diaryl/α,β-unsaturated/α-hetero) is 3. The second kappa shape index (κ2) is 8.42. The topological polar surface area (TPSA) is 256 Å². The molecule has 3 aliphatic carbocycles. The number of carbonyl (C=O) groups excluding carboxylic acids is 3. The lowest BCUT2D eigenvalue weighted by molar-refractivity contribution is -0.293. The first kappa shape index (κ1) is 27.9. The Balaban J connectivity index is 1.78. The van der Waals surface area contributed by atoms with Gasteiger partial charge in [0.2, 0.25) is 11.6 Å². The van der Waals surface area contributed by atoms with E-state index in [-0.39, 0.29) is 0 Å². The molecule has 0 amide bonds. The van der Waals surface area contributed by atoms with Gasteiger partial charge in [0, 0.05) is 23.0 Å². The van der Waals surface area contributed by atoms with Crippen LogP contribution in [0.5, 0.6) is 11.5 Å². The molecule has 8 N–H and O–H groups in total. The van der Waals surface area contributed by atoms with Crippen LogP contribution in [0.2, 0.25) is 0 Å². The van der Waals surface area contributed by atoms with Gasteiger partial charge in [0.1, 0.15) is 11.5 Å². The second-order valence-corrected chi connectivity index (χ2v) is 11.2. The smallest absolute Gasteiger partial charge is 0.305 e. The highest BCUT2D eigenvalue weighted by Crippen LogP contribution is 2.76. The van der Waals surface area contributed by atoms with Crippen LogP contribution in [0.3, 0.4) is 0 Å². The molecule has 2 aromatic carbocycles.